The van der Waals surface area contributed by atoms with E-state index in [0.29, 0.717) is 35.9 Å². The summed E-state index contributed by atoms with van der Waals surface area (Å²) in [6, 6.07) is 15.2. The van der Waals surface area contributed by atoms with E-state index in [1.165, 1.54) is 10.5 Å². The predicted octanol–water partition coefficient (Wildman–Crippen LogP) is 4.42. The van der Waals surface area contributed by atoms with Crippen molar-refractivity contribution < 1.29 is 14.3 Å². The third-order valence-electron chi connectivity index (χ3n) is 4.78. The molecule has 1 aliphatic heterocycles. The van der Waals surface area contributed by atoms with E-state index in [2.05, 4.69) is 19.2 Å². The predicted molar refractivity (Wildman–Crippen MR) is 111 cm³/mol. The number of nitrogens with one attached hydrogen (secondary N) is 1. The van der Waals surface area contributed by atoms with Crippen LogP contribution in [0, 0.1) is 0 Å². The molecule has 0 atom stereocenters. The maximum absolute atomic E-state index is 12.9. The van der Waals surface area contributed by atoms with Gasteiger partial charge in [0.05, 0.1) is 12.2 Å². The molecular formula is C23H26N2O3. The number of likely N-dealkylation sites (N-methyl/N-ethyl adjacent to an activating group) is 1. The zero-order chi connectivity index (χ0) is 20.3. The topological polar surface area (TPSA) is 58.6 Å². The summed E-state index contributed by atoms with van der Waals surface area (Å²) >= 11 is 0. The Kier molecular flexibility index (Phi) is 5.83. The number of nitrogens with zero attached hydrogens (tertiary/aromatic N) is 1. The summed E-state index contributed by atoms with van der Waals surface area (Å²) in [4.78, 5) is 27.0. The number of carbonyl (C=O) groups is 2. The van der Waals surface area contributed by atoms with Gasteiger partial charge in [-0.1, -0.05) is 38.1 Å². The van der Waals surface area contributed by atoms with Crippen LogP contribution in [0.5, 0.6) is 5.75 Å². The lowest BCUT2D eigenvalue weighted by Crippen LogP contribution is -2.32. The van der Waals surface area contributed by atoms with Crippen LogP contribution in [0.3, 0.4) is 0 Å². The highest BCUT2D eigenvalue weighted by molar-refractivity contribution is 6.36. The maximum atomic E-state index is 12.9. The highest BCUT2D eigenvalue weighted by Crippen LogP contribution is 2.31. The Morgan fingerprint density at radius 2 is 1.57 bits per heavy atom. The summed E-state index contributed by atoms with van der Waals surface area (Å²) in [7, 11) is 0. The van der Waals surface area contributed by atoms with Crippen LogP contribution in [-0.4, -0.2) is 29.9 Å². The first-order valence-corrected chi connectivity index (χ1v) is 9.66. The molecule has 2 aromatic rings. The van der Waals surface area contributed by atoms with E-state index in [1.54, 1.807) is 6.92 Å². The highest BCUT2D eigenvalue weighted by Gasteiger charge is 2.38. The van der Waals surface area contributed by atoms with E-state index < -0.39 is 0 Å². The van der Waals surface area contributed by atoms with Crippen molar-refractivity contribution in [2.75, 3.05) is 18.5 Å². The van der Waals surface area contributed by atoms with Crippen LogP contribution in [0.15, 0.2) is 54.2 Å². The lowest BCUT2D eigenvalue weighted by atomic mass is 10.0. The molecule has 0 aromatic heterocycles. The van der Waals surface area contributed by atoms with Gasteiger partial charge in [0.1, 0.15) is 11.4 Å². The zero-order valence-electron chi connectivity index (χ0n) is 16.8. The first kappa shape index (κ1) is 19.7. The minimum Gasteiger partial charge on any atom is -0.494 e. The number of hydrogen-bond donors (Lipinski definition) is 1. The molecule has 2 amide bonds. The largest absolute Gasteiger partial charge is 0.494 e. The zero-order valence-corrected chi connectivity index (χ0v) is 16.8. The molecule has 3 rings (SSSR count). The average molecular weight is 378 g/mol. The summed E-state index contributed by atoms with van der Waals surface area (Å²) in [5.74, 6) is 0.579. The minimum atomic E-state index is -0.302. The molecular weight excluding hydrogens is 352 g/mol. The molecule has 2 aromatic carbocycles. The van der Waals surface area contributed by atoms with Crippen molar-refractivity contribution in [2.45, 2.75) is 33.6 Å². The third-order valence-corrected chi connectivity index (χ3v) is 4.78. The molecule has 1 heterocycles. The van der Waals surface area contributed by atoms with Gasteiger partial charge in [0.2, 0.25) is 0 Å². The van der Waals surface area contributed by atoms with Crippen molar-refractivity contribution in [3.8, 4) is 5.75 Å². The maximum Gasteiger partial charge on any atom is 0.278 e. The van der Waals surface area contributed by atoms with Gasteiger partial charge in [-0.25, -0.2) is 0 Å². The van der Waals surface area contributed by atoms with Gasteiger partial charge in [-0.15, -0.1) is 0 Å². The fourth-order valence-corrected chi connectivity index (χ4v) is 3.23. The number of imide groups is 1. The van der Waals surface area contributed by atoms with Crippen LogP contribution < -0.4 is 10.1 Å². The van der Waals surface area contributed by atoms with Crippen molar-refractivity contribution >= 4 is 23.1 Å². The van der Waals surface area contributed by atoms with Crippen molar-refractivity contribution in [1.82, 2.24) is 4.90 Å². The van der Waals surface area contributed by atoms with Crippen molar-refractivity contribution in [1.29, 1.82) is 0 Å². The molecule has 0 saturated heterocycles. The minimum absolute atomic E-state index is 0.280. The molecule has 5 heteroatoms. The Morgan fingerprint density at radius 3 is 2.11 bits per heavy atom. The lowest BCUT2D eigenvalue weighted by molar-refractivity contribution is -0.136. The monoisotopic (exact) mass is 378 g/mol. The van der Waals surface area contributed by atoms with E-state index >= 15 is 0 Å². The summed E-state index contributed by atoms with van der Waals surface area (Å²) in [6.07, 6.45) is 0. The second kappa shape index (κ2) is 8.30. The van der Waals surface area contributed by atoms with E-state index in [0.717, 1.165) is 11.4 Å². The Labute approximate surface area is 166 Å². The van der Waals surface area contributed by atoms with Crippen LogP contribution in [0.4, 0.5) is 5.69 Å². The third kappa shape index (κ3) is 3.79. The SMILES string of the molecule is CCOc1ccc(C2=C(Nc3ccc(C(C)C)cc3)C(=O)N(CC)C2=O)cc1. The van der Waals surface area contributed by atoms with Gasteiger partial charge in [0.15, 0.2) is 0 Å². The molecule has 146 valence electrons. The van der Waals surface area contributed by atoms with Crippen LogP contribution in [0.25, 0.3) is 5.57 Å². The second-order valence-electron chi connectivity index (χ2n) is 6.96. The molecule has 0 bridgehead atoms. The molecule has 5 nitrogen and oxygen atoms in total. The van der Waals surface area contributed by atoms with Gasteiger partial charge in [0, 0.05) is 12.2 Å². The standard InChI is InChI=1S/C23H26N2O3/c1-5-25-22(26)20(17-9-13-19(14-10-17)28-6-2)21(23(25)27)24-18-11-7-16(8-12-18)15(3)4/h7-15,24H,5-6H2,1-4H3. The fraction of sp³-hybridized carbons (Fsp3) is 0.304. The van der Waals surface area contributed by atoms with Crippen LogP contribution in [-0.2, 0) is 9.59 Å². The van der Waals surface area contributed by atoms with Crippen molar-refractivity contribution in [3.05, 3.63) is 65.4 Å². The van der Waals surface area contributed by atoms with Gasteiger partial charge in [0.25, 0.3) is 11.8 Å². The molecule has 0 saturated carbocycles. The molecule has 0 unspecified atom stereocenters. The molecule has 0 spiro atoms. The number of hydrogen-bond acceptors (Lipinski definition) is 4. The van der Waals surface area contributed by atoms with Gasteiger partial charge in [-0.3, -0.25) is 14.5 Å². The Hall–Kier alpha value is -3.08. The van der Waals surface area contributed by atoms with Gasteiger partial charge < -0.3 is 10.1 Å². The van der Waals surface area contributed by atoms with Gasteiger partial charge in [-0.05, 0) is 55.2 Å². The average Bonchev–Trinajstić information content (AvgIpc) is 2.92. The van der Waals surface area contributed by atoms with Crippen molar-refractivity contribution in [3.63, 3.8) is 0 Å². The quantitative estimate of drug-likeness (QED) is 0.725. The molecule has 1 aliphatic rings. The number of benzene rings is 2. The number of rotatable bonds is 7. The number of anilines is 1. The molecule has 1 N–H and O–H groups in total. The summed E-state index contributed by atoms with van der Waals surface area (Å²) in [5.41, 5.74) is 3.40. The summed E-state index contributed by atoms with van der Waals surface area (Å²) in [5, 5.41) is 3.18. The summed E-state index contributed by atoms with van der Waals surface area (Å²) < 4.78 is 5.47. The lowest BCUT2D eigenvalue weighted by Gasteiger charge is -2.12. The van der Waals surface area contributed by atoms with E-state index in [-0.39, 0.29) is 11.8 Å². The Morgan fingerprint density at radius 1 is 0.929 bits per heavy atom. The highest BCUT2D eigenvalue weighted by atomic mass is 16.5. The van der Waals surface area contributed by atoms with Crippen LogP contribution in [0.2, 0.25) is 0 Å². The normalized spacial score (nSPS) is 14.2. The van der Waals surface area contributed by atoms with E-state index in [1.807, 2.05) is 55.5 Å². The molecule has 0 radical (unpaired) electrons. The smallest absolute Gasteiger partial charge is 0.278 e. The molecule has 28 heavy (non-hydrogen) atoms. The first-order chi connectivity index (χ1) is 13.5. The first-order valence-electron chi connectivity index (χ1n) is 9.66. The van der Waals surface area contributed by atoms with Gasteiger partial charge >= 0.3 is 0 Å². The van der Waals surface area contributed by atoms with Crippen molar-refractivity contribution in [2.24, 2.45) is 0 Å². The van der Waals surface area contributed by atoms with Crippen LogP contribution >= 0.6 is 0 Å². The van der Waals surface area contributed by atoms with E-state index in [9.17, 15) is 9.59 Å². The molecule has 0 fully saturated rings. The van der Waals surface area contributed by atoms with E-state index in [4.69, 9.17) is 4.74 Å². The number of carbonyl (C=O) groups excluding carboxylic acids is 2. The Balaban J connectivity index is 1.98. The summed E-state index contributed by atoms with van der Waals surface area (Å²) in [6.45, 7) is 8.88. The number of ether oxygens (including phenoxy) is 1. The van der Waals surface area contributed by atoms with Gasteiger partial charge in [-0.2, -0.15) is 0 Å². The fourth-order valence-electron chi connectivity index (χ4n) is 3.23. The second-order valence-corrected chi connectivity index (χ2v) is 6.96. The number of amides is 2. The van der Waals surface area contributed by atoms with Crippen LogP contribution in [0.1, 0.15) is 44.7 Å². The Bertz CT molecular complexity index is 896. The molecule has 0 aliphatic carbocycles.